The van der Waals surface area contributed by atoms with Crippen LogP contribution in [0.15, 0.2) is 97.1 Å². The number of nitrogens with zero attached hydrogens (tertiary/aromatic N) is 6. The normalized spacial score (nSPS) is 10.2. The molecule has 47 heavy (non-hydrogen) atoms. The van der Waals surface area contributed by atoms with E-state index in [0.29, 0.717) is 24.6 Å². The zero-order valence-corrected chi connectivity index (χ0v) is 33.2. The standard InChI is InChI=1S/2C17H20N3O.4ClH.Zn/c2*1-3-20(13-14-8-6-5-7-9-14)16-11-10-15(19-18)12-17(16)21-4-2;;;;;/h2*5-12H,3-4,13H2,1-2H3;4*1H;/q2*+1;;;;;+2/p-4. The van der Waals surface area contributed by atoms with E-state index in [2.05, 4.69) is 57.9 Å². The van der Waals surface area contributed by atoms with Crippen LogP contribution < -0.4 is 19.3 Å². The Morgan fingerprint density at radius 2 is 0.915 bits per heavy atom. The number of anilines is 2. The third-order valence-corrected chi connectivity index (χ3v) is 6.59. The zero-order valence-electron chi connectivity index (χ0n) is 27.2. The summed E-state index contributed by atoms with van der Waals surface area (Å²) in [6, 6.07) is 31.6. The second-order valence-corrected chi connectivity index (χ2v) is 37.7. The van der Waals surface area contributed by atoms with E-state index in [9.17, 15) is 0 Å². The molecule has 4 rings (SSSR count). The van der Waals surface area contributed by atoms with Crippen LogP contribution >= 0.6 is 38.8 Å². The average Bonchev–Trinajstić information content (AvgIpc) is 3.07. The predicted molar refractivity (Wildman–Crippen MR) is 194 cm³/mol. The van der Waals surface area contributed by atoms with E-state index < -0.39 is 10.8 Å². The molecule has 0 spiro atoms. The van der Waals surface area contributed by atoms with Gasteiger partial charge in [0, 0.05) is 38.3 Å². The number of hydrogen-bond acceptors (Lipinski definition) is 6. The third-order valence-electron chi connectivity index (χ3n) is 6.59. The van der Waals surface area contributed by atoms with Crippen molar-refractivity contribution in [2.24, 2.45) is 0 Å². The van der Waals surface area contributed by atoms with Crippen LogP contribution in [0.25, 0.3) is 9.95 Å². The number of rotatable bonds is 12. The van der Waals surface area contributed by atoms with Gasteiger partial charge in [-0.3, -0.25) is 0 Å². The second kappa shape index (κ2) is 21.6. The summed E-state index contributed by atoms with van der Waals surface area (Å²) in [4.78, 5) is 10.9. The van der Waals surface area contributed by atoms with Gasteiger partial charge in [-0.15, -0.1) is 0 Å². The van der Waals surface area contributed by atoms with E-state index in [1.807, 2.05) is 62.4 Å². The van der Waals surface area contributed by atoms with Crippen LogP contribution in [0.5, 0.6) is 11.5 Å². The summed E-state index contributed by atoms with van der Waals surface area (Å²) in [6.07, 6.45) is 0. The molecule has 0 aromatic heterocycles. The van der Waals surface area contributed by atoms with Gasteiger partial charge in [0.05, 0.1) is 36.7 Å². The SMILES string of the molecule is CCOc1cc([N+]#N)ccc1N(CC)Cc1ccccc1.CCOc1cc([N+]#N)ccc1N(CC)Cc1ccccc1.[Cl][Zn-2]([Cl])([Cl])[Cl]. The molecule has 0 aliphatic heterocycles. The van der Waals surface area contributed by atoms with Crippen molar-refractivity contribution in [1.82, 2.24) is 0 Å². The minimum atomic E-state index is -3.36. The first kappa shape index (κ1) is 39.9. The van der Waals surface area contributed by atoms with Crippen LogP contribution in [0, 0.1) is 10.8 Å². The van der Waals surface area contributed by atoms with Crippen LogP contribution in [-0.4, -0.2) is 26.3 Å². The van der Waals surface area contributed by atoms with Gasteiger partial charge in [-0.25, -0.2) is 0 Å². The molecule has 8 nitrogen and oxygen atoms in total. The average molecular weight is 772 g/mol. The van der Waals surface area contributed by atoms with E-state index >= 15 is 0 Å². The fourth-order valence-corrected chi connectivity index (χ4v) is 4.54. The van der Waals surface area contributed by atoms with Crippen molar-refractivity contribution in [2.45, 2.75) is 40.8 Å². The van der Waals surface area contributed by atoms with E-state index in [0.717, 1.165) is 49.1 Å². The maximum absolute atomic E-state index is 8.91. The second-order valence-electron chi connectivity index (χ2n) is 9.98. The Kier molecular flexibility index (Phi) is 18.3. The van der Waals surface area contributed by atoms with Crippen molar-refractivity contribution in [3.05, 3.63) is 118 Å². The van der Waals surface area contributed by atoms with Crippen molar-refractivity contribution in [1.29, 1.82) is 10.8 Å². The molecule has 0 radical (unpaired) electrons. The molecule has 0 unspecified atom stereocenters. The number of ether oxygens (including phenoxy) is 2. The van der Waals surface area contributed by atoms with Crippen molar-refractivity contribution in [2.75, 3.05) is 36.1 Å². The van der Waals surface area contributed by atoms with Gasteiger partial charge in [-0.2, -0.15) is 0 Å². The molecule has 4 aromatic carbocycles. The number of halogens is 4. The molecule has 0 aliphatic rings. The molecule has 13 heteroatoms. The van der Waals surface area contributed by atoms with Crippen molar-refractivity contribution < 1.29 is 20.3 Å². The maximum atomic E-state index is 8.91. The van der Waals surface area contributed by atoms with Gasteiger partial charge in [0.1, 0.15) is 0 Å². The predicted octanol–water partition coefficient (Wildman–Crippen LogP) is 11.9. The third kappa shape index (κ3) is 15.0. The molecule has 0 heterocycles. The molecule has 0 saturated heterocycles. The summed E-state index contributed by atoms with van der Waals surface area (Å²) in [5.74, 6) is 1.48. The van der Waals surface area contributed by atoms with Crippen LogP contribution in [0.3, 0.4) is 0 Å². The first-order valence-corrected chi connectivity index (χ1v) is 31.0. The van der Waals surface area contributed by atoms with Crippen LogP contribution in [0.4, 0.5) is 22.7 Å². The Morgan fingerprint density at radius 1 is 0.574 bits per heavy atom. The summed E-state index contributed by atoms with van der Waals surface area (Å²) in [5, 5.41) is 17.8. The molecule has 248 valence electrons. The Balaban J connectivity index is 0.000000286. The summed E-state index contributed by atoms with van der Waals surface area (Å²) in [5.41, 5.74) is 5.51. The Bertz CT molecular complexity index is 1460. The Hall–Kier alpha value is -3.30. The van der Waals surface area contributed by atoms with Gasteiger partial charge in [0.2, 0.25) is 10.8 Å². The Morgan fingerprint density at radius 3 is 1.19 bits per heavy atom. The van der Waals surface area contributed by atoms with Crippen molar-refractivity contribution >= 4 is 61.5 Å². The fraction of sp³-hybridized carbons (Fsp3) is 0.294. The van der Waals surface area contributed by atoms with Gasteiger partial charge in [0.25, 0.3) is 0 Å². The molecule has 0 saturated carbocycles. The summed E-state index contributed by atoms with van der Waals surface area (Å²) in [7, 11) is 16.8. The monoisotopic (exact) mass is 768 g/mol. The van der Waals surface area contributed by atoms with E-state index in [1.54, 1.807) is 24.3 Å². The first-order valence-electron chi connectivity index (χ1n) is 15.4. The summed E-state index contributed by atoms with van der Waals surface area (Å²) >= 11 is 0. The van der Waals surface area contributed by atoms with E-state index in [-0.39, 0.29) is 0 Å². The van der Waals surface area contributed by atoms with Crippen LogP contribution in [0.2, 0.25) is 0 Å². The topological polar surface area (TPSA) is 81.2 Å². The fourth-order valence-electron chi connectivity index (χ4n) is 4.54. The van der Waals surface area contributed by atoms with Gasteiger partial charge in [-0.1, -0.05) is 60.7 Å². The van der Waals surface area contributed by atoms with Gasteiger partial charge < -0.3 is 19.3 Å². The molecule has 0 aliphatic carbocycles. The molecule has 4 aromatic rings. The number of hydrogen-bond donors (Lipinski definition) is 0. The molecular formula is C34H40Cl4N6O2Zn. The van der Waals surface area contributed by atoms with Crippen LogP contribution in [0.1, 0.15) is 38.8 Å². The van der Waals surface area contributed by atoms with Crippen molar-refractivity contribution in [3.63, 3.8) is 0 Å². The summed E-state index contributed by atoms with van der Waals surface area (Å²) in [6.45, 7) is 12.6. The van der Waals surface area contributed by atoms with Gasteiger partial charge in [-0.05, 0) is 51.0 Å². The first-order chi connectivity index (χ1) is 22.6. The minimum absolute atomic E-state index is 0.498. The molecular weight excluding hydrogens is 732 g/mol. The van der Waals surface area contributed by atoms with Crippen molar-refractivity contribution in [3.8, 4) is 11.5 Å². The molecule has 0 amide bonds. The van der Waals surface area contributed by atoms with E-state index in [1.165, 1.54) is 11.1 Å². The number of diazo groups is 2. The van der Waals surface area contributed by atoms with E-state index in [4.69, 9.17) is 59.0 Å². The van der Waals surface area contributed by atoms with Gasteiger partial charge in [0.15, 0.2) is 21.5 Å². The molecule has 0 atom stereocenters. The zero-order chi connectivity index (χ0) is 34.7. The van der Waals surface area contributed by atoms with Crippen LogP contribution in [-0.2, 0) is 23.9 Å². The molecule has 0 fully saturated rings. The quantitative estimate of drug-likeness (QED) is 0.105. The molecule has 0 N–H and O–H groups in total. The number of benzene rings is 4. The van der Waals surface area contributed by atoms with Gasteiger partial charge >= 0.3 is 61.0 Å². The Labute approximate surface area is 297 Å². The molecule has 0 bridgehead atoms. The summed E-state index contributed by atoms with van der Waals surface area (Å²) < 4.78 is 11.4.